The summed E-state index contributed by atoms with van der Waals surface area (Å²) in [5.41, 5.74) is 1.27. The third kappa shape index (κ3) is 4.10. The van der Waals surface area contributed by atoms with Gasteiger partial charge in [-0.15, -0.1) is 11.3 Å². The zero-order chi connectivity index (χ0) is 22.0. The predicted octanol–water partition coefficient (Wildman–Crippen LogP) is 4.18. The monoisotopic (exact) mass is 442 g/mol. The fourth-order valence-corrected chi connectivity index (χ4v) is 4.07. The Labute approximate surface area is 181 Å². The number of rotatable bonds is 7. The molecule has 9 heteroatoms. The number of carbonyl (C=O) groups is 1. The predicted molar refractivity (Wildman–Crippen MR) is 114 cm³/mol. The molecule has 0 aliphatic heterocycles. The van der Waals surface area contributed by atoms with Gasteiger partial charge in [-0.25, -0.2) is 9.37 Å². The van der Waals surface area contributed by atoms with E-state index in [1.165, 1.54) is 37.9 Å². The van der Waals surface area contributed by atoms with Gasteiger partial charge in [0.15, 0.2) is 11.5 Å². The molecule has 31 heavy (non-hydrogen) atoms. The summed E-state index contributed by atoms with van der Waals surface area (Å²) < 4.78 is 30.3. The van der Waals surface area contributed by atoms with Crippen molar-refractivity contribution in [3.8, 4) is 23.0 Å². The lowest BCUT2D eigenvalue weighted by molar-refractivity contribution is 0.0913. The summed E-state index contributed by atoms with van der Waals surface area (Å²) in [6.45, 7) is -0.0713. The second-order valence-electron chi connectivity index (χ2n) is 6.64. The minimum Gasteiger partial charge on any atom is -0.493 e. The van der Waals surface area contributed by atoms with Crippen LogP contribution < -0.4 is 14.8 Å². The number of hydrogen-bond acceptors (Lipinski definition) is 7. The summed E-state index contributed by atoms with van der Waals surface area (Å²) in [4.78, 5) is 16.7. The second kappa shape index (κ2) is 8.75. The van der Waals surface area contributed by atoms with Crippen molar-refractivity contribution in [1.82, 2.24) is 10.3 Å². The highest BCUT2D eigenvalue weighted by molar-refractivity contribution is 7.17. The number of halogens is 1. The quantitative estimate of drug-likeness (QED) is 0.446. The van der Waals surface area contributed by atoms with Gasteiger partial charge in [-0.05, 0) is 24.3 Å². The Hall–Kier alpha value is -3.43. The van der Waals surface area contributed by atoms with E-state index in [9.17, 15) is 14.3 Å². The van der Waals surface area contributed by atoms with Crippen molar-refractivity contribution >= 4 is 27.3 Å². The summed E-state index contributed by atoms with van der Waals surface area (Å²) in [5.74, 6) is 0.518. The van der Waals surface area contributed by atoms with Crippen LogP contribution >= 0.6 is 11.3 Å². The lowest BCUT2D eigenvalue weighted by atomic mass is 10.1. The third-order valence-corrected chi connectivity index (χ3v) is 5.75. The first-order valence-corrected chi connectivity index (χ1v) is 10.2. The van der Waals surface area contributed by atoms with E-state index in [2.05, 4.69) is 10.3 Å². The van der Waals surface area contributed by atoms with Crippen molar-refractivity contribution in [2.24, 2.45) is 0 Å². The van der Waals surface area contributed by atoms with Gasteiger partial charge in [-0.2, -0.15) is 0 Å². The van der Waals surface area contributed by atoms with E-state index in [0.29, 0.717) is 32.7 Å². The average Bonchev–Trinajstić information content (AvgIpc) is 3.44. The molecule has 7 nitrogen and oxygen atoms in total. The normalized spacial score (nSPS) is 12.0. The molecule has 0 aliphatic carbocycles. The van der Waals surface area contributed by atoms with Crippen molar-refractivity contribution in [2.45, 2.75) is 6.10 Å². The topological polar surface area (TPSA) is 93.8 Å². The minimum absolute atomic E-state index is 0.0713. The number of nitrogens with one attached hydrogen (secondary N) is 1. The maximum atomic E-state index is 13.9. The molecule has 4 aromatic rings. The number of amides is 1. The van der Waals surface area contributed by atoms with Gasteiger partial charge >= 0.3 is 0 Å². The fourth-order valence-electron chi connectivity index (χ4n) is 3.12. The Morgan fingerprint density at radius 1 is 1.26 bits per heavy atom. The van der Waals surface area contributed by atoms with Crippen molar-refractivity contribution in [3.63, 3.8) is 0 Å². The molecule has 1 unspecified atom stereocenters. The van der Waals surface area contributed by atoms with E-state index in [1.807, 2.05) is 0 Å². The summed E-state index contributed by atoms with van der Waals surface area (Å²) in [6.07, 6.45) is 0.244. The number of oxazole rings is 1. The Morgan fingerprint density at radius 3 is 2.84 bits per heavy atom. The van der Waals surface area contributed by atoms with Gasteiger partial charge in [0.2, 0.25) is 5.89 Å². The van der Waals surface area contributed by atoms with Crippen LogP contribution in [0.4, 0.5) is 4.39 Å². The zero-order valence-corrected chi connectivity index (χ0v) is 17.5. The maximum absolute atomic E-state index is 13.9. The molecule has 2 aromatic carbocycles. The molecular formula is C22H19FN2O5S. The molecule has 0 radical (unpaired) electrons. The molecule has 0 spiro atoms. The van der Waals surface area contributed by atoms with Crippen LogP contribution in [0.2, 0.25) is 0 Å². The number of ether oxygens (including phenoxy) is 2. The average molecular weight is 442 g/mol. The molecule has 2 heterocycles. The van der Waals surface area contributed by atoms with E-state index in [0.717, 1.165) is 0 Å². The van der Waals surface area contributed by atoms with Crippen LogP contribution in [0.1, 0.15) is 22.2 Å². The highest BCUT2D eigenvalue weighted by atomic mass is 32.1. The fraction of sp³-hybridized carbons (Fsp3) is 0.182. The van der Waals surface area contributed by atoms with Gasteiger partial charge in [0, 0.05) is 22.9 Å². The van der Waals surface area contributed by atoms with E-state index in [1.54, 1.807) is 35.7 Å². The maximum Gasteiger partial charge on any atom is 0.251 e. The number of fused-ring (bicyclic) bond motifs is 1. The zero-order valence-electron chi connectivity index (χ0n) is 16.7. The number of methoxy groups -OCH3 is 2. The number of hydrogen-bond donors (Lipinski definition) is 2. The van der Waals surface area contributed by atoms with E-state index >= 15 is 0 Å². The molecule has 0 bridgehead atoms. The van der Waals surface area contributed by atoms with Crippen molar-refractivity contribution in [1.29, 1.82) is 0 Å². The standard InChI is InChI=1S/C22H19FN2O5S/c1-28-18-7-6-12(8-19(18)29-2)21(27)24-9-17(26)16-10-30-22(25-16)14-11-31-20-13(14)4-3-5-15(20)23/h3-8,10-11,17,26H,9H2,1-2H3,(H,24,27). The number of carbonyl (C=O) groups excluding carboxylic acids is 1. The number of nitrogens with zero attached hydrogens (tertiary/aromatic N) is 1. The molecule has 160 valence electrons. The highest BCUT2D eigenvalue weighted by Crippen LogP contribution is 2.35. The van der Waals surface area contributed by atoms with Crippen molar-refractivity contribution < 1.29 is 28.2 Å². The van der Waals surface area contributed by atoms with Crippen LogP contribution in [0.25, 0.3) is 21.5 Å². The van der Waals surface area contributed by atoms with Crippen LogP contribution in [0, 0.1) is 5.82 Å². The Morgan fingerprint density at radius 2 is 2.06 bits per heavy atom. The lowest BCUT2D eigenvalue weighted by Crippen LogP contribution is -2.28. The lowest BCUT2D eigenvalue weighted by Gasteiger charge is -2.11. The summed E-state index contributed by atoms with van der Waals surface area (Å²) in [7, 11) is 2.99. The van der Waals surface area contributed by atoms with Crippen molar-refractivity contribution in [3.05, 3.63) is 65.1 Å². The largest absolute Gasteiger partial charge is 0.493 e. The summed E-state index contributed by atoms with van der Waals surface area (Å²) in [5, 5.41) is 15.5. The van der Waals surface area contributed by atoms with Gasteiger partial charge in [0.1, 0.15) is 23.9 Å². The molecule has 4 rings (SSSR count). The molecule has 0 aliphatic rings. The molecular weight excluding hydrogens is 423 g/mol. The van der Waals surface area contributed by atoms with E-state index < -0.39 is 6.10 Å². The molecule has 0 fully saturated rings. The van der Waals surface area contributed by atoms with Gasteiger partial charge < -0.3 is 24.3 Å². The number of aliphatic hydroxyl groups excluding tert-OH is 1. The number of aromatic nitrogens is 1. The van der Waals surface area contributed by atoms with Gasteiger partial charge in [-0.3, -0.25) is 4.79 Å². The van der Waals surface area contributed by atoms with Gasteiger partial charge in [-0.1, -0.05) is 12.1 Å². The first kappa shape index (κ1) is 20.8. The Balaban J connectivity index is 1.45. The second-order valence-corrected chi connectivity index (χ2v) is 7.52. The third-order valence-electron chi connectivity index (χ3n) is 4.75. The SMILES string of the molecule is COc1ccc(C(=O)NCC(O)c2coc(-c3csc4c(F)cccc34)n2)cc1OC. The van der Waals surface area contributed by atoms with Crippen LogP contribution in [-0.4, -0.2) is 36.8 Å². The number of benzene rings is 2. The molecule has 2 aromatic heterocycles. The van der Waals surface area contributed by atoms with Gasteiger partial charge in [0.05, 0.1) is 24.5 Å². The molecule has 1 amide bonds. The first-order valence-electron chi connectivity index (χ1n) is 9.31. The summed E-state index contributed by atoms with van der Waals surface area (Å²) in [6, 6.07) is 9.58. The number of thiophene rings is 1. The first-order chi connectivity index (χ1) is 15.0. The molecule has 0 saturated heterocycles. The van der Waals surface area contributed by atoms with Crippen molar-refractivity contribution in [2.75, 3.05) is 20.8 Å². The Bertz CT molecular complexity index is 1240. The van der Waals surface area contributed by atoms with Crippen LogP contribution in [0.5, 0.6) is 11.5 Å². The smallest absolute Gasteiger partial charge is 0.251 e. The van der Waals surface area contributed by atoms with Gasteiger partial charge in [0.25, 0.3) is 5.91 Å². The van der Waals surface area contributed by atoms with Crippen LogP contribution in [0.15, 0.2) is 52.5 Å². The highest BCUT2D eigenvalue weighted by Gasteiger charge is 2.19. The summed E-state index contributed by atoms with van der Waals surface area (Å²) >= 11 is 1.26. The molecule has 2 N–H and O–H groups in total. The minimum atomic E-state index is -1.08. The van der Waals surface area contributed by atoms with Crippen LogP contribution in [0.3, 0.4) is 0 Å². The molecule has 0 saturated carbocycles. The Kier molecular flexibility index (Phi) is 5.88. The molecule has 1 atom stereocenters. The van der Waals surface area contributed by atoms with Crippen LogP contribution in [-0.2, 0) is 0 Å². The van der Waals surface area contributed by atoms with E-state index in [-0.39, 0.29) is 29.9 Å². The van der Waals surface area contributed by atoms with E-state index in [4.69, 9.17) is 13.9 Å². The number of aliphatic hydroxyl groups is 1.